The standard InChI is InChI=1S/C9H16O3/c1-4-12-8(11)7-6(5-10)9(7,2)3/h6-7,10H,4-5H2,1-3H3. The molecule has 0 saturated heterocycles. The van der Waals surface area contributed by atoms with E-state index in [0.29, 0.717) is 6.61 Å². The van der Waals surface area contributed by atoms with Gasteiger partial charge in [-0.25, -0.2) is 0 Å². The molecule has 0 spiro atoms. The summed E-state index contributed by atoms with van der Waals surface area (Å²) < 4.78 is 4.88. The van der Waals surface area contributed by atoms with Crippen molar-refractivity contribution in [2.24, 2.45) is 17.3 Å². The molecule has 12 heavy (non-hydrogen) atoms. The largest absolute Gasteiger partial charge is 0.466 e. The van der Waals surface area contributed by atoms with Crippen LogP contribution in [0.5, 0.6) is 0 Å². The van der Waals surface area contributed by atoms with Gasteiger partial charge in [-0.15, -0.1) is 0 Å². The number of carbonyl (C=O) groups is 1. The second-order valence-corrected chi connectivity index (χ2v) is 3.84. The molecule has 2 atom stereocenters. The molecule has 0 bridgehead atoms. The van der Waals surface area contributed by atoms with Crippen molar-refractivity contribution in [3.05, 3.63) is 0 Å². The zero-order chi connectivity index (χ0) is 9.35. The summed E-state index contributed by atoms with van der Waals surface area (Å²) in [4.78, 5) is 11.3. The van der Waals surface area contributed by atoms with Crippen LogP contribution in [0.1, 0.15) is 20.8 Å². The summed E-state index contributed by atoms with van der Waals surface area (Å²) >= 11 is 0. The third-order valence-electron chi connectivity index (χ3n) is 2.79. The highest BCUT2D eigenvalue weighted by Crippen LogP contribution is 2.58. The number of esters is 1. The first kappa shape index (κ1) is 9.52. The maximum absolute atomic E-state index is 11.3. The molecule has 1 saturated carbocycles. The fourth-order valence-corrected chi connectivity index (χ4v) is 1.78. The smallest absolute Gasteiger partial charge is 0.309 e. The van der Waals surface area contributed by atoms with Gasteiger partial charge in [0.05, 0.1) is 12.5 Å². The van der Waals surface area contributed by atoms with E-state index in [1.54, 1.807) is 6.92 Å². The predicted octanol–water partition coefficient (Wildman–Crippen LogP) is 0.814. The number of ether oxygens (including phenoxy) is 1. The van der Waals surface area contributed by atoms with Gasteiger partial charge >= 0.3 is 5.97 Å². The summed E-state index contributed by atoms with van der Waals surface area (Å²) in [5.74, 6) is -0.166. The lowest BCUT2D eigenvalue weighted by Crippen LogP contribution is -2.10. The van der Waals surface area contributed by atoms with Gasteiger partial charge in [-0.2, -0.15) is 0 Å². The summed E-state index contributed by atoms with van der Waals surface area (Å²) in [5.41, 5.74) is -0.0684. The van der Waals surface area contributed by atoms with Gasteiger partial charge in [0.15, 0.2) is 0 Å². The minimum Gasteiger partial charge on any atom is -0.466 e. The topological polar surface area (TPSA) is 46.5 Å². The van der Waals surface area contributed by atoms with Crippen molar-refractivity contribution < 1.29 is 14.6 Å². The van der Waals surface area contributed by atoms with Gasteiger partial charge in [-0.1, -0.05) is 13.8 Å². The zero-order valence-corrected chi connectivity index (χ0v) is 7.83. The lowest BCUT2D eigenvalue weighted by atomic mass is 10.1. The number of rotatable bonds is 3. The van der Waals surface area contributed by atoms with E-state index in [1.165, 1.54) is 0 Å². The molecule has 1 N–H and O–H groups in total. The highest BCUT2D eigenvalue weighted by atomic mass is 16.5. The number of carbonyl (C=O) groups excluding carboxylic acids is 1. The van der Waals surface area contributed by atoms with Crippen LogP contribution in [0, 0.1) is 17.3 Å². The molecule has 3 heteroatoms. The molecule has 2 unspecified atom stereocenters. The molecule has 0 aromatic rings. The van der Waals surface area contributed by atoms with Crippen molar-refractivity contribution >= 4 is 5.97 Å². The van der Waals surface area contributed by atoms with E-state index < -0.39 is 0 Å². The van der Waals surface area contributed by atoms with E-state index >= 15 is 0 Å². The van der Waals surface area contributed by atoms with Crippen molar-refractivity contribution in [2.45, 2.75) is 20.8 Å². The molecular weight excluding hydrogens is 156 g/mol. The summed E-state index contributed by atoms with van der Waals surface area (Å²) in [5, 5.41) is 8.92. The van der Waals surface area contributed by atoms with Crippen molar-refractivity contribution in [3.63, 3.8) is 0 Å². The molecule has 1 rings (SSSR count). The Morgan fingerprint density at radius 2 is 2.17 bits per heavy atom. The summed E-state index contributed by atoms with van der Waals surface area (Å²) in [6.07, 6.45) is 0. The number of aliphatic hydroxyl groups is 1. The average molecular weight is 172 g/mol. The number of hydrogen-bond donors (Lipinski definition) is 1. The Morgan fingerprint density at radius 3 is 2.50 bits per heavy atom. The lowest BCUT2D eigenvalue weighted by Gasteiger charge is -2.01. The minimum absolute atomic E-state index is 0.0684. The first-order valence-corrected chi connectivity index (χ1v) is 4.33. The second kappa shape index (κ2) is 3.05. The van der Waals surface area contributed by atoms with Gasteiger partial charge < -0.3 is 9.84 Å². The van der Waals surface area contributed by atoms with E-state index in [1.807, 2.05) is 13.8 Å². The summed E-state index contributed by atoms with van der Waals surface area (Å²) in [6.45, 7) is 6.26. The molecule has 3 nitrogen and oxygen atoms in total. The molecule has 0 aromatic carbocycles. The van der Waals surface area contributed by atoms with Crippen LogP contribution in [0.4, 0.5) is 0 Å². The van der Waals surface area contributed by atoms with Crippen LogP contribution in [0.25, 0.3) is 0 Å². The van der Waals surface area contributed by atoms with Gasteiger partial charge in [0, 0.05) is 12.5 Å². The maximum atomic E-state index is 11.3. The van der Waals surface area contributed by atoms with Crippen molar-refractivity contribution in [3.8, 4) is 0 Å². The highest BCUT2D eigenvalue weighted by molar-refractivity contribution is 5.77. The fraction of sp³-hybridized carbons (Fsp3) is 0.889. The monoisotopic (exact) mass is 172 g/mol. The van der Waals surface area contributed by atoms with Gasteiger partial charge in [-0.3, -0.25) is 4.79 Å². The van der Waals surface area contributed by atoms with Crippen molar-refractivity contribution in [1.29, 1.82) is 0 Å². The minimum atomic E-state index is -0.165. The first-order chi connectivity index (χ1) is 5.55. The van der Waals surface area contributed by atoms with E-state index in [9.17, 15) is 4.79 Å². The second-order valence-electron chi connectivity index (χ2n) is 3.84. The van der Waals surface area contributed by atoms with E-state index in [-0.39, 0.29) is 29.8 Å². The van der Waals surface area contributed by atoms with Gasteiger partial charge in [0.1, 0.15) is 0 Å². The Kier molecular flexibility index (Phi) is 2.42. The highest BCUT2D eigenvalue weighted by Gasteiger charge is 2.62. The molecule has 70 valence electrons. The predicted molar refractivity (Wildman–Crippen MR) is 44.5 cm³/mol. The molecule has 0 aromatic heterocycles. The quantitative estimate of drug-likeness (QED) is 0.641. The Hall–Kier alpha value is -0.570. The van der Waals surface area contributed by atoms with Crippen LogP contribution < -0.4 is 0 Å². The molecule has 1 aliphatic rings. The zero-order valence-electron chi connectivity index (χ0n) is 7.83. The summed E-state index contributed by atoms with van der Waals surface area (Å²) in [7, 11) is 0. The summed E-state index contributed by atoms with van der Waals surface area (Å²) in [6, 6.07) is 0. The molecule has 1 aliphatic carbocycles. The van der Waals surface area contributed by atoms with E-state index in [4.69, 9.17) is 9.84 Å². The van der Waals surface area contributed by atoms with E-state index in [2.05, 4.69) is 0 Å². The number of aliphatic hydroxyl groups excluding tert-OH is 1. The Morgan fingerprint density at radius 1 is 1.58 bits per heavy atom. The Labute approximate surface area is 72.7 Å². The molecule has 0 aliphatic heterocycles. The van der Waals surface area contributed by atoms with Crippen molar-refractivity contribution in [2.75, 3.05) is 13.2 Å². The van der Waals surface area contributed by atoms with Crippen LogP contribution in [-0.4, -0.2) is 24.3 Å². The first-order valence-electron chi connectivity index (χ1n) is 4.33. The lowest BCUT2D eigenvalue weighted by molar-refractivity contribution is -0.145. The van der Waals surface area contributed by atoms with Gasteiger partial charge in [0.2, 0.25) is 0 Å². The third-order valence-corrected chi connectivity index (χ3v) is 2.79. The van der Waals surface area contributed by atoms with Crippen LogP contribution in [0.2, 0.25) is 0 Å². The molecule has 0 heterocycles. The number of hydrogen-bond acceptors (Lipinski definition) is 3. The maximum Gasteiger partial charge on any atom is 0.309 e. The van der Waals surface area contributed by atoms with Crippen LogP contribution in [0.3, 0.4) is 0 Å². The normalized spacial score (nSPS) is 31.3. The SMILES string of the molecule is CCOC(=O)C1C(CO)C1(C)C. The Balaban J connectivity index is 2.51. The van der Waals surface area contributed by atoms with Crippen LogP contribution >= 0.6 is 0 Å². The Bertz CT molecular complexity index is 186. The van der Waals surface area contributed by atoms with Gasteiger partial charge in [-0.05, 0) is 12.3 Å². The molecule has 1 fully saturated rings. The van der Waals surface area contributed by atoms with Crippen LogP contribution in [0.15, 0.2) is 0 Å². The van der Waals surface area contributed by atoms with E-state index in [0.717, 1.165) is 0 Å². The van der Waals surface area contributed by atoms with Gasteiger partial charge in [0.25, 0.3) is 0 Å². The van der Waals surface area contributed by atoms with Crippen molar-refractivity contribution in [1.82, 2.24) is 0 Å². The molecule has 0 radical (unpaired) electrons. The average Bonchev–Trinajstić information content (AvgIpc) is 2.53. The van der Waals surface area contributed by atoms with Crippen LogP contribution in [-0.2, 0) is 9.53 Å². The third kappa shape index (κ3) is 1.33. The molecular formula is C9H16O3. The molecule has 0 amide bonds. The fourth-order valence-electron chi connectivity index (χ4n) is 1.78.